The molecule has 2 heterocycles. The van der Waals surface area contributed by atoms with Gasteiger partial charge < -0.3 is 10.1 Å². The molecule has 4 rings (SSSR count). The number of aryl methyl sites for hydroxylation is 3. The van der Waals surface area contributed by atoms with Crippen LogP contribution >= 0.6 is 0 Å². The topological polar surface area (TPSA) is 69.0 Å². The zero-order valence-electron chi connectivity index (χ0n) is 17.6. The van der Waals surface area contributed by atoms with Crippen LogP contribution in [0.4, 0.5) is 5.69 Å². The van der Waals surface area contributed by atoms with E-state index in [2.05, 4.69) is 27.5 Å². The summed E-state index contributed by atoms with van der Waals surface area (Å²) in [5.74, 6) is 0.407. The van der Waals surface area contributed by atoms with Crippen molar-refractivity contribution in [1.82, 2.24) is 14.8 Å². The predicted octanol–water partition coefficient (Wildman–Crippen LogP) is 4.67. The average molecular weight is 400 g/mol. The summed E-state index contributed by atoms with van der Waals surface area (Å²) in [4.78, 5) is 17.9. The minimum absolute atomic E-state index is 0.211. The number of anilines is 1. The maximum atomic E-state index is 13.2. The van der Waals surface area contributed by atoms with Crippen molar-refractivity contribution in [1.29, 1.82) is 0 Å². The van der Waals surface area contributed by atoms with Gasteiger partial charge in [0.1, 0.15) is 5.75 Å². The highest BCUT2D eigenvalue weighted by Crippen LogP contribution is 2.28. The van der Waals surface area contributed by atoms with E-state index in [1.54, 1.807) is 7.11 Å². The number of hydrogen-bond acceptors (Lipinski definition) is 4. The molecule has 0 saturated heterocycles. The molecular formula is C24H24N4O2. The molecule has 1 N–H and O–H groups in total. The van der Waals surface area contributed by atoms with E-state index in [9.17, 15) is 4.79 Å². The van der Waals surface area contributed by atoms with Gasteiger partial charge in [-0.05, 0) is 50.1 Å². The number of carbonyl (C=O) groups excluding carboxylic acids is 1. The lowest BCUT2D eigenvalue weighted by Gasteiger charge is -2.12. The molecule has 0 bridgehead atoms. The molecule has 4 aromatic rings. The van der Waals surface area contributed by atoms with E-state index < -0.39 is 0 Å². The maximum Gasteiger partial charge on any atom is 0.256 e. The molecule has 0 saturated carbocycles. The van der Waals surface area contributed by atoms with Crippen molar-refractivity contribution in [2.24, 2.45) is 0 Å². The standard InChI is InChI=1S/C24H24N4O2/c1-15-10-11-21(30-4)20(12-15)26-24(29)19-13-16(2)25-23-22(19)17(3)27-28(23)14-18-8-6-5-7-9-18/h5-13H,14H2,1-4H3,(H,26,29). The van der Waals surface area contributed by atoms with Crippen LogP contribution in [-0.4, -0.2) is 27.8 Å². The number of amides is 1. The first kappa shape index (κ1) is 19.6. The molecule has 6 nitrogen and oxygen atoms in total. The number of fused-ring (bicyclic) bond motifs is 1. The molecule has 152 valence electrons. The monoisotopic (exact) mass is 400 g/mol. The van der Waals surface area contributed by atoms with E-state index in [4.69, 9.17) is 4.74 Å². The molecule has 0 aliphatic carbocycles. The molecule has 6 heteroatoms. The van der Waals surface area contributed by atoms with E-state index in [0.29, 0.717) is 29.2 Å². The van der Waals surface area contributed by atoms with Crippen LogP contribution < -0.4 is 10.1 Å². The van der Waals surface area contributed by atoms with Crippen LogP contribution in [0.1, 0.15) is 32.9 Å². The van der Waals surface area contributed by atoms with Crippen molar-refractivity contribution in [3.8, 4) is 5.75 Å². The SMILES string of the molecule is COc1ccc(C)cc1NC(=O)c1cc(C)nc2c1c(C)nn2Cc1ccccc1. The van der Waals surface area contributed by atoms with Gasteiger partial charge in [-0.25, -0.2) is 9.67 Å². The second-order valence-corrected chi connectivity index (χ2v) is 7.40. The summed E-state index contributed by atoms with van der Waals surface area (Å²) in [6.07, 6.45) is 0. The number of nitrogens with zero attached hydrogens (tertiary/aromatic N) is 3. The Morgan fingerprint density at radius 1 is 1.07 bits per heavy atom. The quantitative estimate of drug-likeness (QED) is 0.529. The molecule has 0 atom stereocenters. The van der Waals surface area contributed by atoms with Crippen LogP contribution in [0.2, 0.25) is 0 Å². The second-order valence-electron chi connectivity index (χ2n) is 7.40. The minimum atomic E-state index is -0.211. The van der Waals surface area contributed by atoms with E-state index >= 15 is 0 Å². The Morgan fingerprint density at radius 3 is 2.57 bits per heavy atom. The van der Waals surface area contributed by atoms with Crippen LogP contribution in [0.15, 0.2) is 54.6 Å². The van der Waals surface area contributed by atoms with Gasteiger partial charge in [-0.2, -0.15) is 5.10 Å². The van der Waals surface area contributed by atoms with Gasteiger partial charge in [0.15, 0.2) is 5.65 Å². The minimum Gasteiger partial charge on any atom is -0.495 e. The third-order valence-electron chi connectivity index (χ3n) is 5.03. The summed E-state index contributed by atoms with van der Waals surface area (Å²) in [5.41, 5.74) is 5.60. The number of rotatable bonds is 5. The van der Waals surface area contributed by atoms with Crippen molar-refractivity contribution < 1.29 is 9.53 Å². The van der Waals surface area contributed by atoms with Crippen LogP contribution in [0.5, 0.6) is 5.75 Å². The third kappa shape index (κ3) is 3.76. The summed E-state index contributed by atoms with van der Waals surface area (Å²) >= 11 is 0. The Kier molecular flexibility index (Phi) is 5.23. The number of hydrogen-bond donors (Lipinski definition) is 1. The Hall–Kier alpha value is -3.67. The molecular weight excluding hydrogens is 376 g/mol. The van der Waals surface area contributed by atoms with Gasteiger partial charge in [0, 0.05) is 5.69 Å². The lowest BCUT2D eigenvalue weighted by atomic mass is 10.1. The largest absolute Gasteiger partial charge is 0.495 e. The zero-order valence-corrected chi connectivity index (χ0v) is 17.6. The molecule has 0 aliphatic rings. The van der Waals surface area contributed by atoms with Crippen LogP contribution in [0.3, 0.4) is 0 Å². The van der Waals surface area contributed by atoms with Crippen molar-refractivity contribution in [2.75, 3.05) is 12.4 Å². The number of carbonyl (C=O) groups is 1. The molecule has 0 unspecified atom stereocenters. The first-order chi connectivity index (χ1) is 14.5. The predicted molar refractivity (Wildman–Crippen MR) is 118 cm³/mol. The van der Waals surface area contributed by atoms with Gasteiger partial charge in [-0.1, -0.05) is 36.4 Å². The maximum absolute atomic E-state index is 13.2. The summed E-state index contributed by atoms with van der Waals surface area (Å²) in [6, 6.07) is 17.6. The highest BCUT2D eigenvalue weighted by molar-refractivity contribution is 6.13. The van der Waals surface area contributed by atoms with E-state index in [1.807, 2.05) is 67.9 Å². The number of aromatic nitrogens is 3. The molecule has 0 aliphatic heterocycles. The smallest absolute Gasteiger partial charge is 0.256 e. The Balaban J connectivity index is 1.76. The average Bonchev–Trinajstić information content (AvgIpc) is 3.03. The number of methoxy groups -OCH3 is 1. The molecule has 2 aromatic heterocycles. The van der Waals surface area contributed by atoms with Crippen LogP contribution in [0, 0.1) is 20.8 Å². The van der Waals surface area contributed by atoms with Gasteiger partial charge in [0.2, 0.25) is 0 Å². The van der Waals surface area contributed by atoms with E-state index in [1.165, 1.54) is 0 Å². The lowest BCUT2D eigenvalue weighted by Crippen LogP contribution is -2.14. The van der Waals surface area contributed by atoms with Crippen molar-refractivity contribution in [3.63, 3.8) is 0 Å². The summed E-state index contributed by atoms with van der Waals surface area (Å²) in [6.45, 7) is 6.36. The fourth-order valence-electron chi connectivity index (χ4n) is 3.63. The number of pyridine rings is 1. The first-order valence-corrected chi connectivity index (χ1v) is 9.81. The van der Waals surface area contributed by atoms with Crippen molar-refractivity contribution >= 4 is 22.6 Å². The van der Waals surface area contributed by atoms with Gasteiger partial charge >= 0.3 is 0 Å². The van der Waals surface area contributed by atoms with Gasteiger partial charge in [0.25, 0.3) is 5.91 Å². The number of ether oxygens (including phenoxy) is 1. The summed E-state index contributed by atoms with van der Waals surface area (Å²) < 4.78 is 7.26. The Labute approximate surface area is 175 Å². The zero-order chi connectivity index (χ0) is 21.3. The Bertz CT molecular complexity index is 1230. The van der Waals surface area contributed by atoms with E-state index in [0.717, 1.165) is 27.9 Å². The normalized spacial score (nSPS) is 10.9. The highest BCUT2D eigenvalue weighted by atomic mass is 16.5. The van der Waals surface area contributed by atoms with Gasteiger partial charge in [-0.15, -0.1) is 0 Å². The van der Waals surface area contributed by atoms with E-state index in [-0.39, 0.29) is 5.91 Å². The first-order valence-electron chi connectivity index (χ1n) is 9.81. The fraction of sp³-hybridized carbons (Fsp3) is 0.208. The highest BCUT2D eigenvalue weighted by Gasteiger charge is 2.20. The van der Waals surface area contributed by atoms with Gasteiger partial charge in [-0.3, -0.25) is 4.79 Å². The summed E-state index contributed by atoms with van der Waals surface area (Å²) in [5, 5.41) is 8.43. The molecule has 1 amide bonds. The van der Waals surface area contributed by atoms with Crippen molar-refractivity contribution in [3.05, 3.63) is 82.7 Å². The molecule has 2 aromatic carbocycles. The fourth-order valence-corrected chi connectivity index (χ4v) is 3.63. The molecule has 0 radical (unpaired) electrons. The molecule has 30 heavy (non-hydrogen) atoms. The molecule has 0 spiro atoms. The van der Waals surface area contributed by atoms with Crippen molar-refractivity contribution in [2.45, 2.75) is 27.3 Å². The third-order valence-corrected chi connectivity index (χ3v) is 5.03. The summed E-state index contributed by atoms with van der Waals surface area (Å²) in [7, 11) is 1.59. The van der Waals surface area contributed by atoms with Gasteiger partial charge in [0.05, 0.1) is 36.0 Å². The lowest BCUT2D eigenvalue weighted by molar-refractivity contribution is 0.102. The second kappa shape index (κ2) is 7.99. The van der Waals surface area contributed by atoms with Crippen LogP contribution in [0.25, 0.3) is 11.0 Å². The number of benzene rings is 2. The van der Waals surface area contributed by atoms with Crippen LogP contribution in [-0.2, 0) is 6.54 Å². The number of nitrogens with one attached hydrogen (secondary N) is 1. The Morgan fingerprint density at radius 2 is 1.83 bits per heavy atom. The molecule has 0 fully saturated rings.